The Morgan fingerprint density at radius 2 is 1.85 bits per heavy atom. The fourth-order valence-corrected chi connectivity index (χ4v) is 3.76. The zero-order chi connectivity index (χ0) is 23.8. The number of carbonyl (C=O) groups excluding carboxylic acids is 1. The molecule has 0 amide bonds. The summed E-state index contributed by atoms with van der Waals surface area (Å²) in [4.78, 5) is 36.8. The van der Waals surface area contributed by atoms with Crippen LogP contribution in [0.3, 0.4) is 0 Å². The van der Waals surface area contributed by atoms with Crippen LogP contribution in [0.25, 0.3) is 0 Å². The van der Waals surface area contributed by atoms with E-state index >= 15 is 0 Å². The number of nitrogens with one attached hydrogen (secondary N) is 1. The van der Waals surface area contributed by atoms with Crippen molar-refractivity contribution in [2.45, 2.75) is 25.4 Å². The van der Waals surface area contributed by atoms with Gasteiger partial charge in [-0.1, -0.05) is 35.6 Å². The third-order valence-electron chi connectivity index (χ3n) is 4.67. The highest BCUT2D eigenvalue weighted by Gasteiger charge is 2.19. The first kappa shape index (κ1) is 23.9. The maximum absolute atomic E-state index is 12.1. The number of methoxy groups -OCH3 is 1. The summed E-state index contributed by atoms with van der Waals surface area (Å²) in [6, 6.07) is 14.1. The molecule has 0 radical (unpaired) electrons. The van der Waals surface area contributed by atoms with Gasteiger partial charge in [-0.3, -0.25) is 19.4 Å². The van der Waals surface area contributed by atoms with E-state index in [2.05, 4.69) is 4.98 Å². The lowest BCUT2D eigenvalue weighted by molar-refractivity contribution is -0.153. The number of esters is 1. The van der Waals surface area contributed by atoms with Crippen molar-refractivity contribution in [2.75, 3.05) is 13.7 Å². The van der Waals surface area contributed by atoms with Gasteiger partial charge >= 0.3 is 16.8 Å². The van der Waals surface area contributed by atoms with E-state index in [0.29, 0.717) is 28.4 Å². The Bertz CT molecular complexity index is 1150. The third-order valence-corrected chi connectivity index (χ3v) is 5.54. The summed E-state index contributed by atoms with van der Waals surface area (Å²) in [6.45, 7) is 0.00550. The first-order valence-electron chi connectivity index (χ1n) is 10.0. The highest BCUT2D eigenvalue weighted by molar-refractivity contribution is 7.09. The molecule has 0 aliphatic carbocycles. The molecule has 3 N–H and O–H groups in total. The number of hydrogen-bond donors (Lipinski definition) is 3. The van der Waals surface area contributed by atoms with Gasteiger partial charge in [0.1, 0.15) is 18.1 Å². The van der Waals surface area contributed by atoms with Gasteiger partial charge in [0.15, 0.2) is 6.10 Å². The molecule has 0 fully saturated rings. The van der Waals surface area contributed by atoms with Crippen LogP contribution in [0.5, 0.6) is 17.4 Å². The smallest absolute Gasteiger partial charge is 0.307 e. The van der Waals surface area contributed by atoms with Gasteiger partial charge in [0.25, 0.3) is 0 Å². The molecule has 0 saturated heterocycles. The van der Waals surface area contributed by atoms with Crippen LogP contribution < -0.4 is 14.3 Å². The molecule has 0 unspecified atom stereocenters. The van der Waals surface area contributed by atoms with Crippen molar-refractivity contribution in [1.82, 2.24) is 4.98 Å². The first-order chi connectivity index (χ1) is 15.8. The second-order valence-electron chi connectivity index (χ2n) is 7.07. The minimum atomic E-state index is -1.08. The highest BCUT2D eigenvalue weighted by Crippen LogP contribution is 2.25. The summed E-state index contributed by atoms with van der Waals surface area (Å²) in [5, 5.41) is 18.5. The molecule has 1 heterocycles. The molecule has 33 heavy (non-hydrogen) atoms. The Hall–Kier alpha value is -3.79. The molecule has 3 rings (SSSR count). The predicted molar refractivity (Wildman–Crippen MR) is 120 cm³/mol. The molecule has 0 aliphatic heterocycles. The normalized spacial score (nSPS) is 11.5. The molecule has 0 aliphatic rings. The lowest BCUT2D eigenvalue weighted by atomic mass is 10.1. The molecule has 0 bridgehead atoms. The van der Waals surface area contributed by atoms with Crippen LogP contribution in [0, 0.1) is 0 Å². The third kappa shape index (κ3) is 7.11. The number of carbonyl (C=O) groups is 2. The van der Waals surface area contributed by atoms with Crippen molar-refractivity contribution >= 4 is 23.3 Å². The van der Waals surface area contributed by atoms with Crippen LogP contribution >= 0.6 is 11.3 Å². The number of aromatic hydroxyl groups is 1. The van der Waals surface area contributed by atoms with Gasteiger partial charge in [-0.25, -0.2) is 0 Å². The zero-order valence-corrected chi connectivity index (χ0v) is 18.6. The van der Waals surface area contributed by atoms with Crippen LogP contribution in [-0.4, -0.2) is 40.9 Å². The average molecular weight is 474 g/mol. The number of carboxylic acids is 1. The van der Waals surface area contributed by atoms with Gasteiger partial charge < -0.3 is 24.4 Å². The number of hydrogen-bond acceptors (Lipinski definition) is 8. The summed E-state index contributed by atoms with van der Waals surface area (Å²) in [5.74, 6) is -0.745. The standard InChI is InChI=1S/C23H23NO8S/c1-30-17-4-2-3-15(12-17)18(32-21(27)10-9-20(25)26)13-31-16-7-5-14(6-8-16)11-19-22(28)24-23(29)33-19/h2-8,12,18,28H,9-11,13H2,1H3,(H,24,29)(H,25,26)/t18-/m0/s1. The average Bonchev–Trinajstić information content (AvgIpc) is 3.12. The lowest BCUT2D eigenvalue weighted by Crippen LogP contribution is -2.19. The molecule has 2 aromatic carbocycles. The molecule has 9 nitrogen and oxygen atoms in total. The first-order valence-corrected chi connectivity index (χ1v) is 10.8. The van der Waals surface area contributed by atoms with E-state index < -0.39 is 18.0 Å². The lowest BCUT2D eigenvalue weighted by Gasteiger charge is -2.19. The maximum Gasteiger partial charge on any atom is 0.307 e. The van der Waals surface area contributed by atoms with Crippen molar-refractivity contribution < 1.29 is 34.0 Å². The van der Waals surface area contributed by atoms with Gasteiger partial charge in [-0.15, -0.1) is 0 Å². The molecule has 1 aromatic heterocycles. The number of ether oxygens (including phenoxy) is 3. The SMILES string of the molecule is COc1cccc([C@H](COc2ccc(Cc3sc(=O)[nH]c3O)cc2)OC(=O)CCC(=O)O)c1. The number of thiazole rings is 1. The van der Waals surface area contributed by atoms with Crippen molar-refractivity contribution in [3.8, 4) is 17.4 Å². The van der Waals surface area contributed by atoms with E-state index in [-0.39, 0.29) is 30.2 Å². The van der Waals surface area contributed by atoms with Crippen molar-refractivity contribution in [2.24, 2.45) is 0 Å². The molecule has 1 atom stereocenters. The Labute approximate surface area is 193 Å². The topological polar surface area (TPSA) is 135 Å². The number of aliphatic carboxylic acids is 1. The number of carboxylic acid groups (broad SMARTS) is 1. The second-order valence-corrected chi connectivity index (χ2v) is 8.13. The Morgan fingerprint density at radius 1 is 1.09 bits per heavy atom. The van der Waals surface area contributed by atoms with Gasteiger partial charge in [-0.2, -0.15) is 0 Å². The van der Waals surface area contributed by atoms with E-state index in [4.69, 9.17) is 19.3 Å². The van der Waals surface area contributed by atoms with Crippen molar-refractivity contribution in [1.29, 1.82) is 0 Å². The number of H-pyrrole nitrogens is 1. The van der Waals surface area contributed by atoms with Gasteiger partial charge in [-0.05, 0) is 35.4 Å². The quantitative estimate of drug-likeness (QED) is 0.361. The van der Waals surface area contributed by atoms with E-state index in [9.17, 15) is 19.5 Å². The number of aromatic amines is 1. The zero-order valence-electron chi connectivity index (χ0n) is 17.8. The molecular weight excluding hydrogens is 450 g/mol. The minimum Gasteiger partial charge on any atom is -0.497 e. The fraction of sp³-hybridized carbons (Fsp3) is 0.261. The summed E-state index contributed by atoms with van der Waals surface area (Å²) >= 11 is 0.952. The Balaban J connectivity index is 1.67. The molecule has 174 valence electrons. The molecule has 0 spiro atoms. The Kier molecular flexibility index (Phi) is 8.09. The summed E-state index contributed by atoms with van der Waals surface area (Å²) < 4.78 is 16.5. The van der Waals surface area contributed by atoms with Gasteiger partial charge in [0, 0.05) is 6.42 Å². The predicted octanol–water partition coefficient (Wildman–Crippen LogP) is 3.27. The van der Waals surface area contributed by atoms with E-state index in [1.165, 1.54) is 7.11 Å². The highest BCUT2D eigenvalue weighted by atomic mass is 32.1. The van der Waals surface area contributed by atoms with E-state index in [1.54, 1.807) is 48.5 Å². The van der Waals surface area contributed by atoms with Crippen molar-refractivity contribution in [3.63, 3.8) is 0 Å². The monoisotopic (exact) mass is 473 g/mol. The molecule has 3 aromatic rings. The second kappa shape index (κ2) is 11.2. The Morgan fingerprint density at radius 3 is 2.48 bits per heavy atom. The maximum atomic E-state index is 12.1. The molecule has 10 heteroatoms. The molecule has 0 saturated carbocycles. The number of aromatic nitrogens is 1. The summed E-state index contributed by atoms with van der Waals surface area (Å²) in [5.41, 5.74) is 1.52. The fourth-order valence-electron chi connectivity index (χ4n) is 3.00. The van der Waals surface area contributed by atoms with Crippen molar-refractivity contribution in [3.05, 3.63) is 74.2 Å². The largest absolute Gasteiger partial charge is 0.497 e. The van der Waals surface area contributed by atoms with Gasteiger partial charge in [0.2, 0.25) is 5.88 Å². The summed E-state index contributed by atoms with van der Waals surface area (Å²) in [7, 11) is 1.52. The van der Waals surface area contributed by atoms with Crippen LogP contribution in [-0.2, 0) is 20.7 Å². The van der Waals surface area contributed by atoms with Crippen LogP contribution in [0.4, 0.5) is 0 Å². The van der Waals surface area contributed by atoms with Crippen LogP contribution in [0.15, 0.2) is 53.3 Å². The summed E-state index contributed by atoms with van der Waals surface area (Å²) in [6.07, 6.45) is -0.946. The van der Waals surface area contributed by atoms with Crippen LogP contribution in [0.1, 0.15) is 34.9 Å². The van der Waals surface area contributed by atoms with Crippen LogP contribution in [0.2, 0.25) is 0 Å². The number of benzene rings is 2. The molecular formula is C23H23NO8S. The minimum absolute atomic E-state index is 0.00550. The number of rotatable bonds is 11. The van der Waals surface area contributed by atoms with E-state index in [0.717, 1.165) is 16.9 Å². The van der Waals surface area contributed by atoms with E-state index in [1.807, 2.05) is 0 Å². The van der Waals surface area contributed by atoms with Gasteiger partial charge in [0.05, 0.1) is 24.8 Å².